The molecule has 2 atom stereocenters. The van der Waals surface area contributed by atoms with E-state index in [1.165, 1.54) is 31.7 Å². The summed E-state index contributed by atoms with van der Waals surface area (Å²) in [7, 11) is 0. The lowest BCUT2D eigenvalue weighted by Crippen LogP contribution is -2.18. The lowest BCUT2D eigenvalue weighted by Gasteiger charge is -2.24. The molecule has 1 aromatic heterocycles. The minimum Gasteiger partial charge on any atom is -0.369 e. The van der Waals surface area contributed by atoms with Gasteiger partial charge in [-0.05, 0) is 37.3 Å². The van der Waals surface area contributed by atoms with Gasteiger partial charge in [0.25, 0.3) is 0 Å². The van der Waals surface area contributed by atoms with Crippen LogP contribution in [0.5, 0.6) is 0 Å². The fourth-order valence-electron chi connectivity index (χ4n) is 3.44. The first-order valence-corrected chi connectivity index (χ1v) is 7.51. The number of hydrogen-bond acceptors (Lipinski definition) is 2. The fraction of sp³-hybridized carbons (Fsp3) is 0.562. The number of nitrogen functional groups attached to an aromatic ring is 1. The summed E-state index contributed by atoms with van der Waals surface area (Å²) in [5.74, 6) is 0.891. The van der Waals surface area contributed by atoms with Gasteiger partial charge in [0.05, 0.1) is 11.0 Å². The molecule has 0 radical (unpaired) electrons. The molecule has 0 saturated heterocycles. The summed E-state index contributed by atoms with van der Waals surface area (Å²) in [6.07, 6.45) is 6.17. The van der Waals surface area contributed by atoms with E-state index in [0.29, 0.717) is 29.0 Å². The van der Waals surface area contributed by atoms with Gasteiger partial charge in [0, 0.05) is 12.1 Å². The molecule has 0 amide bonds. The molecule has 1 saturated carbocycles. The maximum absolute atomic E-state index is 13.7. The van der Waals surface area contributed by atoms with Crippen LogP contribution in [0.3, 0.4) is 0 Å². The van der Waals surface area contributed by atoms with E-state index in [9.17, 15) is 4.39 Å². The normalized spacial score (nSPS) is 23.9. The van der Waals surface area contributed by atoms with Crippen molar-refractivity contribution in [2.45, 2.75) is 52.0 Å². The summed E-state index contributed by atoms with van der Waals surface area (Å²) in [5, 5.41) is 0. The van der Waals surface area contributed by atoms with Gasteiger partial charge in [-0.1, -0.05) is 26.2 Å². The van der Waals surface area contributed by atoms with Crippen molar-refractivity contribution in [1.29, 1.82) is 0 Å². The maximum Gasteiger partial charge on any atom is 0.201 e. The lowest BCUT2D eigenvalue weighted by atomic mass is 9.96. The van der Waals surface area contributed by atoms with Crippen molar-refractivity contribution in [2.24, 2.45) is 5.92 Å². The number of anilines is 1. The number of imidazole rings is 1. The molecule has 0 spiro atoms. The maximum atomic E-state index is 13.7. The number of aromatic nitrogens is 2. The average molecular weight is 275 g/mol. The Kier molecular flexibility index (Phi) is 3.40. The number of aryl methyl sites for hydroxylation is 1. The molecule has 20 heavy (non-hydrogen) atoms. The topological polar surface area (TPSA) is 43.8 Å². The zero-order valence-corrected chi connectivity index (χ0v) is 12.2. The summed E-state index contributed by atoms with van der Waals surface area (Å²) in [5.41, 5.74) is 8.42. The van der Waals surface area contributed by atoms with Gasteiger partial charge in [0.2, 0.25) is 5.95 Å². The highest BCUT2D eigenvalue weighted by Gasteiger charge is 2.25. The Morgan fingerprint density at radius 1 is 1.25 bits per heavy atom. The molecule has 2 unspecified atom stereocenters. The molecule has 4 heteroatoms. The summed E-state index contributed by atoms with van der Waals surface area (Å²) >= 11 is 0. The van der Waals surface area contributed by atoms with E-state index in [2.05, 4.69) is 16.5 Å². The van der Waals surface area contributed by atoms with E-state index in [1.807, 2.05) is 6.07 Å². The third-order valence-corrected chi connectivity index (χ3v) is 4.65. The lowest BCUT2D eigenvalue weighted by molar-refractivity contribution is 0.344. The molecule has 2 N–H and O–H groups in total. The first-order valence-electron chi connectivity index (χ1n) is 7.51. The molecule has 1 heterocycles. The van der Waals surface area contributed by atoms with Gasteiger partial charge in [-0.3, -0.25) is 0 Å². The first kappa shape index (κ1) is 13.4. The van der Waals surface area contributed by atoms with Gasteiger partial charge < -0.3 is 10.3 Å². The molecule has 2 aromatic rings. The van der Waals surface area contributed by atoms with Crippen LogP contribution in [-0.4, -0.2) is 9.55 Å². The highest BCUT2D eigenvalue weighted by atomic mass is 19.1. The second-order valence-corrected chi connectivity index (χ2v) is 6.11. The van der Waals surface area contributed by atoms with Crippen molar-refractivity contribution in [3.05, 3.63) is 23.5 Å². The molecule has 0 bridgehead atoms. The van der Waals surface area contributed by atoms with Crippen LogP contribution in [0.25, 0.3) is 11.0 Å². The van der Waals surface area contributed by atoms with Crippen LogP contribution in [0.2, 0.25) is 0 Å². The molecule has 1 aliphatic carbocycles. The van der Waals surface area contributed by atoms with Crippen LogP contribution in [0.1, 0.15) is 50.6 Å². The van der Waals surface area contributed by atoms with Crippen LogP contribution in [0.4, 0.5) is 10.3 Å². The van der Waals surface area contributed by atoms with Crippen molar-refractivity contribution in [2.75, 3.05) is 5.73 Å². The molecular formula is C16H22FN3. The summed E-state index contributed by atoms with van der Waals surface area (Å²) in [6.45, 7) is 4.08. The Bertz CT molecular complexity index is 632. The van der Waals surface area contributed by atoms with Gasteiger partial charge in [0.1, 0.15) is 5.82 Å². The number of nitrogens with zero attached hydrogens (tertiary/aromatic N) is 2. The molecule has 3 nitrogen and oxygen atoms in total. The van der Waals surface area contributed by atoms with E-state index in [1.54, 1.807) is 6.92 Å². The monoisotopic (exact) mass is 275 g/mol. The average Bonchev–Trinajstić information content (AvgIpc) is 2.58. The van der Waals surface area contributed by atoms with Gasteiger partial charge in [-0.15, -0.1) is 0 Å². The molecule has 108 valence electrons. The quantitative estimate of drug-likeness (QED) is 0.792. The Morgan fingerprint density at radius 3 is 2.80 bits per heavy atom. The number of halogens is 1. The zero-order valence-electron chi connectivity index (χ0n) is 12.2. The molecule has 3 rings (SSSR count). The van der Waals surface area contributed by atoms with Crippen LogP contribution < -0.4 is 5.73 Å². The number of nitrogens with two attached hydrogens (primary N) is 1. The predicted molar refractivity (Wildman–Crippen MR) is 80.1 cm³/mol. The second kappa shape index (κ2) is 5.08. The minimum atomic E-state index is -0.212. The van der Waals surface area contributed by atoms with Crippen molar-refractivity contribution in [3.63, 3.8) is 0 Å². The van der Waals surface area contributed by atoms with Gasteiger partial charge in [0.15, 0.2) is 0 Å². The minimum absolute atomic E-state index is 0.212. The Hall–Kier alpha value is -1.58. The van der Waals surface area contributed by atoms with Crippen molar-refractivity contribution < 1.29 is 4.39 Å². The number of hydrogen-bond donors (Lipinski definition) is 1. The van der Waals surface area contributed by atoms with Gasteiger partial charge >= 0.3 is 0 Å². The van der Waals surface area contributed by atoms with E-state index in [4.69, 9.17) is 5.73 Å². The SMILES string of the molecule is Cc1cc2c(cc1F)nc(N)n2C1CCCCCC1C. The standard InChI is InChI=1S/C16H22FN3/c1-10-6-4-3-5-7-14(10)20-15-8-11(2)12(17)9-13(15)19-16(20)18/h8-10,14H,3-7H2,1-2H3,(H2,18,19). The number of rotatable bonds is 1. The Balaban J connectivity index is 2.14. The fourth-order valence-corrected chi connectivity index (χ4v) is 3.44. The molecule has 0 aliphatic heterocycles. The van der Waals surface area contributed by atoms with E-state index in [-0.39, 0.29) is 5.82 Å². The van der Waals surface area contributed by atoms with Crippen molar-refractivity contribution >= 4 is 17.0 Å². The van der Waals surface area contributed by atoms with Crippen LogP contribution >= 0.6 is 0 Å². The van der Waals surface area contributed by atoms with E-state index in [0.717, 1.165) is 11.9 Å². The number of benzene rings is 1. The smallest absolute Gasteiger partial charge is 0.201 e. The first-order chi connectivity index (χ1) is 9.58. The van der Waals surface area contributed by atoms with Crippen LogP contribution in [0, 0.1) is 18.7 Å². The van der Waals surface area contributed by atoms with Gasteiger partial charge in [-0.25, -0.2) is 9.37 Å². The number of fused-ring (bicyclic) bond motifs is 1. The van der Waals surface area contributed by atoms with Crippen LogP contribution in [0.15, 0.2) is 12.1 Å². The summed E-state index contributed by atoms with van der Waals surface area (Å²) < 4.78 is 15.8. The van der Waals surface area contributed by atoms with Gasteiger partial charge in [-0.2, -0.15) is 0 Å². The van der Waals surface area contributed by atoms with E-state index >= 15 is 0 Å². The van der Waals surface area contributed by atoms with Crippen molar-refractivity contribution in [3.8, 4) is 0 Å². The molecule has 1 aromatic carbocycles. The summed E-state index contributed by atoms with van der Waals surface area (Å²) in [6, 6.07) is 3.76. The molecule has 1 aliphatic rings. The second-order valence-electron chi connectivity index (χ2n) is 6.11. The molecule has 1 fully saturated rings. The largest absolute Gasteiger partial charge is 0.369 e. The van der Waals surface area contributed by atoms with E-state index < -0.39 is 0 Å². The Labute approximate surface area is 119 Å². The third-order valence-electron chi connectivity index (χ3n) is 4.65. The van der Waals surface area contributed by atoms with Crippen molar-refractivity contribution in [1.82, 2.24) is 9.55 Å². The highest BCUT2D eigenvalue weighted by Crippen LogP contribution is 2.36. The third kappa shape index (κ3) is 2.17. The zero-order chi connectivity index (χ0) is 14.3. The highest BCUT2D eigenvalue weighted by molar-refractivity contribution is 5.79. The predicted octanol–water partition coefficient (Wildman–Crippen LogP) is 4.21. The molecular weight excluding hydrogens is 253 g/mol. The summed E-state index contributed by atoms with van der Waals surface area (Å²) in [4.78, 5) is 4.36. The van der Waals surface area contributed by atoms with Crippen LogP contribution in [-0.2, 0) is 0 Å². The Morgan fingerprint density at radius 2 is 2.00 bits per heavy atom.